The van der Waals surface area contributed by atoms with Gasteiger partial charge in [-0.2, -0.15) is 5.10 Å². The Balaban J connectivity index is 1.75. The summed E-state index contributed by atoms with van der Waals surface area (Å²) in [5, 5.41) is 4.33. The fraction of sp³-hybridized carbons (Fsp3) is 0.688. The third-order valence-corrected chi connectivity index (χ3v) is 5.10. The smallest absolute Gasteiger partial charge is 0.274 e. The van der Waals surface area contributed by atoms with E-state index in [9.17, 15) is 9.59 Å². The molecule has 1 fully saturated rings. The predicted molar refractivity (Wildman–Crippen MR) is 83.7 cm³/mol. The summed E-state index contributed by atoms with van der Waals surface area (Å²) in [6, 6.07) is 0. The summed E-state index contributed by atoms with van der Waals surface area (Å²) < 4.78 is 7.27. The van der Waals surface area contributed by atoms with Crippen LogP contribution in [-0.2, 0) is 29.7 Å². The van der Waals surface area contributed by atoms with E-state index in [2.05, 4.69) is 5.10 Å². The van der Waals surface area contributed by atoms with Crippen molar-refractivity contribution in [3.8, 4) is 0 Å². The highest BCUT2D eigenvalue weighted by Crippen LogP contribution is 2.39. The first-order valence-electron chi connectivity index (χ1n) is 7.96. The average molecular weight is 320 g/mol. The minimum atomic E-state index is -0.271. The molecule has 1 aromatic rings. The van der Waals surface area contributed by atoms with Crippen LogP contribution in [0.2, 0.25) is 0 Å². The maximum absolute atomic E-state index is 12.6. The molecule has 1 aliphatic heterocycles. The number of ether oxygens (including phenoxy) is 1. The number of carbonyl (C=O) groups is 2. The summed E-state index contributed by atoms with van der Waals surface area (Å²) in [6.07, 6.45) is 3.43. The summed E-state index contributed by atoms with van der Waals surface area (Å²) in [4.78, 5) is 28.2. The summed E-state index contributed by atoms with van der Waals surface area (Å²) in [5.74, 6) is -0.0329. The molecule has 2 amide bonds. The molecule has 7 heteroatoms. The molecule has 2 heterocycles. The average Bonchev–Trinajstić information content (AvgIpc) is 3.03. The zero-order valence-electron chi connectivity index (χ0n) is 14.3. The molecule has 0 spiro atoms. The van der Waals surface area contributed by atoms with Crippen LogP contribution in [0.5, 0.6) is 0 Å². The Morgan fingerprint density at radius 2 is 2.00 bits per heavy atom. The standard InChI is InChI=1S/C16H24N4O3/c1-18(2)15(22)14-11-9-20(10-12(11)19(3)17-14)13(21)8-16(23-4)6-5-7-16/h5-10H2,1-4H3. The number of carbonyl (C=O) groups excluding carboxylic acids is 2. The van der Waals surface area contributed by atoms with Gasteiger partial charge in [-0.15, -0.1) is 0 Å². The van der Waals surface area contributed by atoms with E-state index in [0.29, 0.717) is 25.2 Å². The molecule has 3 rings (SSSR count). The summed E-state index contributed by atoms with van der Waals surface area (Å²) in [5.41, 5.74) is 2.00. The Labute approximate surface area is 136 Å². The molecule has 23 heavy (non-hydrogen) atoms. The summed E-state index contributed by atoms with van der Waals surface area (Å²) in [7, 11) is 6.92. The summed E-state index contributed by atoms with van der Waals surface area (Å²) in [6.45, 7) is 0.967. The highest BCUT2D eigenvalue weighted by molar-refractivity contribution is 5.94. The van der Waals surface area contributed by atoms with Gasteiger partial charge < -0.3 is 14.5 Å². The van der Waals surface area contributed by atoms with E-state index >= 15 is 0 Å². The molecular weight excluding hydrogens is 296 g/mol. The van der Waals surface area contributed by atoms with Gasteiger partial charge in [-0.1, -0.05) is 0 Å². The first kappa shape index (κ1) is 16.0. The highest BCUT2D eigenvalue weighted by Gasteiger charge is 2.41. The number of aromatic nitrogens is 2. The van der Waals surface area contributed by atoms with Crippen molar-refractivity contribution < 1.29 is 14.3 Å². The van der Waals surface area contributed by atoms with E-state index < -0.39 is 0 Å². The van der Waals surface area contributed by atoms with Crippen LogP contribution in [0, 0.1) is 0 Å². The van der Waals surface area contributed by atoms with Crippen LogP contribution >= 0.6 is 0 Å². The second kappa shape index (κ2) is 5.63. The number of nitrogens with zero attached hydrogens (tertiary/aromatic N) is 4. The lowest BCUT2D eigenvalue weighted by atomic mass is 9.77. The normalized spacial score (nSPS) is 18.5. The van der Waals surface area contributed by atoms with Gasteiger partial charge in [-0.25, -0.2) is 0 Å². The minimum absolute atomic E-state index is 0.0889. The van der Waals surface area contributed by atoms with Gasteiger partial charge in [0.25, 0.3) is 5.91 Å². The fourth-order valence-corrected chi connectivity index (χ4v) is 3.37. The largest absolute Gasteiger partial charge is 0.378 e. The van der Waals surface area contributed by atoms with Crippen molar-refractivity contribution in [1.82, 2.24) is 19.6 Å². The van der Waals surface area contributed by atoms with Crippen molar-refractivity contribution in [3.63, 3.8) is 0 Å². The van der Waals surface area contributed by atoms with Crippen LogP contribution < -0.4 is 0 Å². The lowest BCUT2D eigenvalue weighted by Gasteiger charge is -2.40. The molecule has 0 unspecified atom stereocenters. The SMILES string of the molecule is COC1(CC(=O)N2Cc3c(C(=O)N(C)C)nn(C)c3C2)CCC1. The molecule has 0 radical (unpaired) electrons. The number of amides is 2. The molecule has 0 atom stereocenters. The molecule has 1 aromatic heterocycles. The first-order chi connectivity index (χ1) is 10.9. The van der Waals surface area contributed by atoms with Crippen molar-refractivity contribution in [2.45, 2.75) is 44.4 Å². The number of aryl methyl sites for hydroxylation is 1. The van der Waals surface area contributed by atoms with Crippen LogP contribution in [0.3, 0.4) is 0 Å². The van der Waals surface area contributed by atoms with E-state index in [1.54, 1.807) is 30.8 Å². The van der Waals surface area contributed by atoms with Crippen molar-refractivity contribution in [2.24, 2.45) is 7.05 Å². The first-order valence-corrected chi connectivity index (χ1v) is 7.96. The molecule has 0 aromatic carbocycles. The van der Waals surface area contributed by atoms with E-state index in [1.807, 2.05) is 7.05 Å². The number of fused-ring (bicyclic) bond motifs is 1. The second-order valence-corrected chi connectivity index (χ2v) is 6.76. The number of hydrogen-bond donors (Lipinski definition) is 0. The number of rotatable bonds is 4. The molecule has 126 valence electrons. The van der Waals surface area contributed by atoms with Gasteiger partial charge in [-0.05, 0) is 19.3 Å². The predicted octanol–water partition coefficient (Wildman–Crippen LogP) is 0.923. The van der Waals surface area contributed by atoms with E-state index in [-0.39, 0.29) is 17.4 Å². The quantitative estimate of drug-likeness (QED) is 0.827. The number of hydrogen-bond acceptors (Lipinski definition) is 4. The van der Waals surface area contributed by atoms with Gasteiger partial charge in [0.1, 0.15) is 0 Å². The van der Waals surface area contributed by atoms with Crippen LogP contribution in [-0.4, -0.2) is 58.2 Å². The van der Waals surface area contributed by atoms with E-state index in [4.69, 9.17) is 4.74 Å². The molecule has 7 nitrogen and oxygen atoms in total. The van der Waals surface area contributed by atoms with Crippen LogP contribution in [0.15, 0.2) is 0 Å². The lowest BCUT2D eigenvalue weighted by Crippen LogP contribution is -2.44. The van der Waals surface area contributed by atoms with Gasteiger partial charge in [0.2, 0.25) is 5.91 Å². The molecule has 0 bridgehead atoms. The zero-order chi connectivity index (χ0) is 16.8. The molecular formula is C16H24N4O3. The van der Waals surface area contributed by atoms with Crippen LogP contribution in [0.4, 0.5) is 0 Å². The van der Waals surface area contributed by atoms with E-state index in [0.717, 1.165) is 30.5 Å². The Kier molecular flexibility index (Phi) is 3.91. The third kappa shape index (κ3) is 2.63. The van der Waals surface area contributed by atoms with Crippen molar-refractivity contribution in [2.75, 3.05) is 21.2 Å². The molecule has 2 aliphatic rings. The molecule has 0 saturated heterocycles. The van der Waals surface area contributed by atoms with E-state index in [1.165, 1.54) is 4.90 Å². The Morgan fingerprint density at radius 1 is 1.30 bits per heavy atom. The highest BCUT2D eigenvalue weighted by atomic mass is 16.5. The maximum Gasteiger partial charge on any atom is 0.274 e. The third-order valence-electron chi connectivity index (χ3n) is 5.10. The van der Waals surface area contributed by atoms with Gasteiger partial charge in [0.15, 0.2) is 5.69 Å². The Bertz CT molecular complexity index is 640. The van der Waals surface area contributed by atoms with Crippen molar-refractivity contribution >= 4 is 11.8 Å². The van der Waals surface area contributed by atoms with Gasteiger partial charge in [-0.3, -0.25) is 14.3 Å². The Morgan fingerprint density at radius 3 is 2.52 bits per heavy atom. The van der Waals surface area contributed by atoms with Crippen molar-refractivity contribution in [3.05, 3.63) is 17.0 Å². The fourth-order valence-electron chi connectivity index (χ4n) is 3.37. The van der Waals surface area contributed by atoms with Gasteiger partial charge in [0, 0.05) is 33.8 Å². The van der Waals surface area contributed by atoms with Crippen LogP contribution in [0.25, 0.3) is 0 Å². The van der Waals surface area contributed by atoms with Crippen LogP contribution in [0.1, 0.15) is 47.4 Å². The maximum atomic E-state index is 12.6. The monoisotopic (exact) mass is 320 g/mol. The lowest BCUT2D eigenvalue weighted by molar-refractivity contribution is -0.144. The topological polar surface area (TPSA) is 67.7 Å². The second-order valence-electron chi connectivity index (χ2n) is 6.76. The van der Waals surface area contributed by atoms with Gasteiger partial charge in [0.05, 0.1) is 30.8 Å². The van der Waals surface area contributed by atoms with Crippen molar-refractivity contribution in [1.29, 1.82) is 0 Å². The minimum Gasteiger partial charge on any atom is -0.378 e. The zero-order valence-corrected chi connectivity index (χ0v) is 14.3. The van der Waals surface area contributed by atoms with Gasteiger partial charge >= 0.3 is 0 Å². The summed E-state index contributed by atoms with van der Waals surface area (Å²) >= 11 is 0. The molecule has 1 saturated carbocycles. The Hall–Kier alpha value is -1.89. The molecule has 0 N–H and O–H groups in total. The number of methoxy groups -OCH3 is 1. The molecule has 1 aliphatic carbocycles.